The predicted molar refractivity (Wildman–Crippen MR) is 81.1 cm³/mol. The number of esters is 2. The predicted octanol–water partition coefficient (Wildman–Crippen LogP) is 2.32. The molecule has 0 aliphatic heterocycles. The molecule has 1 aromatic carbocycles. The molecule has 1 aromatic rings. The van der Waals surface area contributed by atoms with Gasteiger partial charge in [0.1, 0.15) is 11.2 Å². The summed E-state index contributed by atoms with van der Waals surface area (Å²) in [5.74, 6) is -1.66. The van der Waals surface area contributed by atoms with E-state index < -0.39 is 23.1 Å². The van der Waals surface area contributed by atoms with E-state index in [-0.39, 0.29) is 26.1 Å². The summed E-state index contributed by atoms with van der Waals surface area (Å²) < 4.78 is 9.97. The first-order valence-electron chi connectivity index (χ1n) is 7.34. The molecule has 0 aliphatic rings. The summed E-state index contributed by atoms with van der Waals surface area (Å²) in [5.41, 5.74) is -0.751. The standard InChI is InChI=1S/C17H22O5/c1-4-21-15(19)12-17(13(3)18,16(20)22-5-2)11-14-9-7-6-8-10-14/h6-10H,4-5,11-12H2,1-3H3. The van der Waals surface area contributed by atoms with Gasteiger partial charge >= 0.3 is 11.9 Å². The number of benzene rings is 1. The van der Waals surface area contributed by atoms with Crippen LogP contribution in [0.1, 0.15) is 32.8 Å². The van der Waals surface area contributed by atoms with Gasteiger partial charge in [-0.2, -0.15) is 0 Å². The lowest BCUT2D eigenvalue weighted by Gasteiger charge is -2.28. The van der Waals surface area contributed by atoms with E-state index in [1.807, 2.05) is 30.3 Å². The molecule has 1 unspecified atom stereocenters. The number of rotatable bonds is 8. The smallest absolute Gasteiger partial charge is 0.320 e. The van der Waals surface area contributed by atoms with E-state index in [9.17, 15) is 14.4 Å². The molecule has 22 heavy (non-hydrogen) atoms. The second-order valence-electron chi connectivity index (χ2n) is 5.00. The van der Waals surface area contributed by atoms with Gasteiger partial charge in [-0.3, -0.25) is 14.4 Å². The Morgan fingerprint density at radius 3 is 2.09 bits per heavy atom. The molecule has 0 aliphatic carbocycles. The number of ether oxygens (including phenoxy) is 2. The first-order valence-corrected chi connectivity index (χ1v) is 7.34. The van der Waals surface area contributed by atoms with E-state index in [1.54, 1.807) is 13.8 Å². The van der Waals surface area contributed by atoms with Crippen LogP contribution in [0.3, 0.4) is 0 Å². The van der Waals surface area contributed by atoms with Crippen molar-refractivity contribution in [3.63, 3.8) is 0 Å². The Hall–Kier alpha value is -2.17. The molecule has 0 heterocycles. The molecule has 120 valence electrons. The molecule has 0 amide bonds. The maximum Gasteiger partial charge on any atom is 0.320 e. The van der Waals surface area contributed by atoms with Gasteiger partial charge in [0.2, 0.25) is 0 Å². The molecule has 0 saturated carbocycles. The van der Waals surface area contributed by atoms with Crippen molar-refractivity contribution < 1.29 is 23.9 Å². The van der Waals surface area contributed by atoms with E-state index in [4.69, 9.17) is 9.47 Å². The van der Waals surface area contributed by atoms with Crippen LogP contribution in [0.5, 0.6) is 0 Å². The quantitative estimate of drug-likeness (QED) is 0.544. The minimum absolute atomic E-state index is 0.112. The molecule has 0 bridgehead atoms. The maximum atomic E-state index is 12.4. The van der Waals surface area contributed by atoms with Crippen LogP contribution in [0.15, 0.2) is 30.3 Å². The van der Waals surface area contributed by atoms with Gasteiger partial charge in [-0.05, 0) is 32.8 Å². The summed E-state index contributed by atoms with van der Waals surface area (Å²) >= 11 is 0. The Balaban J connectivity index is 3.17. The number of carbonyl (C=O) groups excluding carboxylic acids is 3. The summed E-state index contributed by atoms with van der Waals surface area (Å²) in [5, 5.41) is 0. The lowest BCUT2D eigenvalue weighted by atomic mass is 9.75. The van der Waals surface area contributed by atoms with Gasteiger partial charge in [-0.25, -0.2) is 0 Å². The summed E-state index contributed by atoms with van der Waals surface area (Å²) in [7, 11) is 0. The lowest BCUT2D eigenvalue weighted by Crippen LogP contribution is -2.43. The first kappa shape index (κ1) is 17.9. The molecule has 1 rings (SSSR count). The van der Waals surface area contributed by atoms with Crippen molar-refractivity contribution in [1.29, 1.82) is 0 Å². The highest BCUT2D eigenvalue weighted by Crippen LogP contribution is 2.31. The Morgan fingerprint density at radius 2 is 1.59 bits per heavy atom. The number of hydrogen-bond acceptors (Lipinski definition) is 5. The maximum absolute atomic E-state index is 12.4. The molecule has 0 radical (unpaired) electrons. The average Bonchev–Trinajstić information content (AvgIpc) is 2.47. The van der Waals surface area contributed by atoms with Crippen molar-refractivity contribution in [2.45, 2.75) is 33.6 Å². The van der Waals surface area contributed by atoms with Crippen molar-refractivity contribution >= 4 is 17.7 Å². The van der Waals surface area contributed by atoms with Crippen molar-refractivity contribution in [2.24, 2.45) is 5.41 Å². The molecule has 5 heteroatoms. The number of hydrogen-bond donors (Lipinski definition) is 0. The van der Waals surface area contributed by atoms with E-state index in [2.05, 4.69) is 0 Å². The molecule has 0 fully saturated rings. The van der Waals surface area contributed by atoms with Gasteiger partial charge in [0.25, 0.3) is 0 Å². The summed E-state index contributed by atoms with van der Waals surface area (Å²) in [6.45, 7) is 4.98. The summed E-state index contributed by atoms with van der Waals surface area (Å²) in [4.78, 5) is 36.5. The molecule has 0 N–H and O–H groups in total. The third-order valence-electron chi connectivity index (χ3n) is 3.44. The average molecular weight is 306 g/mol. The van der Waals surface area contributed by atoms with Gasteiger partial charge in [-0.15, -0.1) is 0 Å². The van der Waals surface area contributed by atoms with Gasteiger partial charge in [0.05, 0.1) is 19.6 Å². The monoisotopic (exact) mass is 306 g/mol. The third-order valence-corrected chi connectivity index (χ3v) is 3.44. The fraction of sp³-hybridized carbons (Fsp3) is 0.471. The third kappa shape index (κ3) is 4.41. The van der Waals surface area contributed by atoms with Gasteiger partial charge in [-0.1, -0.05) is 30.3 Å². The molecule has 5 nitrogen and oxygen atoms in total. The fourth-order valence-corrected chi connectivity index (χ4v) is 2.27. The van der Waals surface area contributed by atoms with Crippen molar-refractivity contribution in [2.75, 3.05) is 13.2 Å². The topological polar surface area (TPSA) is 69.7 Å². The van der Waals surface area contributed by atoms with Crippen LogP contribution < -0.4 is 0 Å². The minimum Gasteiger partial charge on any atom is -0.466 e. The second-order valence-corrected chi connectivity index (χ2v) is 5.00. The zero-order chi connectivity index (χ0) is 16.6. The zero-order valence-electron chi connectivity index (χ0n) is 13.3. The number of carbonyl (C=O) groups is 3. The van der Waals surface area contributed by atoms with Crippen molar-refractivity contribution in [1.82, 2.24) is 0 Å². The van der Waals surface area contributed by atoms with Gasteiger partial charge < -0.3 is 9.47 Å². The van der Waals surface area contributed by atoms with Crippen LogP contribution in [-0.2, 0) is 30.3 Å². The van der Waals surface area contributed by atoms with Crippen LogP contribution in [0.25, 0.3) is 0 Å². The Labute approximate surface area is 130 Å². The van der Waals surface area contributed by atoms with Crippen molar-refractivity contribution in [3.05, 3.63) is 35.9 Å². The summed E-state index contributed by atoms with van der Waals surface area (Å²) in [6.07, 6.45) is -0.204. The van der Waals surface area contributed by atoms with Gasteiger partial charge in [0, 0.05) is 0 Å². The number of Topliss-reactive ketones (excluding diaryl/α,β-unsaturated/α-hetero) is 1. The molecular formula is C17H22O5. The molecular weight excluding hydrogens is 284 g/mol. The molecule has 0 saturated heterocycles. The Morgan fingerprint density at radius 1 is 1.00 bits per heavy atom. The highest BCUT2D eigenvalue weighted by atomic mass is 16.5. The van der Waals surface area contributed by atoms with Gasteiger partial charge in [0.15, 0.2) is 0 Å². The largest absolute Gasteiger partial charge is 0.466 e. The number of ketones is 1. The van der Waals surface area contributed by atoms with Crippen molar-refractivity contribution in [3.8, 4) is 0 Å². The zero-order valence-corrected chi connectivity index (χ0v) is 13.3. The van der Waals surface area contributed by atoms with Crippen LogP contribution in [0.2, 0.25) is 0 Å². The molecule has 0 spiro atoms. The van der Waals surface area contributed by atoms with Crippen LogP contribution in [0, 0.1) is 5.41 Å². The highest BCUT2D eigenvalue weighted by molar-refractivity contribution is 6.05. The van der Waals surface area contributed by atoms with E-state index >= 15 is 0 Å². The highest BCUT2D eigenvalue weighted by Gasteiger charge is 2.47. The summed E-state index contributed by atoms with van der Waals surface area (Å²) in [6, 6.07) is 9.09. The molecule has 0 aromatic heterocycles. The van der Waals surface area contributed by atoms with E-state index in [0.717, 1.165) is 5.56 Å². The lowest BCUT2D eigenvalue weighted by molar-refractivity contribution is -0.166. The van der Waals surface area contributed by atoms with Crippen LogP contribution >= 0.6 is 0 Å². The minimum atomic E-state index is -1.54. The second kappa shape index (κ2) is 8.32. The SMILES string of the molecule is CCOC(=O)CC(Cc1ccccc1)(C(C)=O)C(=O)OCC. The molecule has 1 atom stereocenters. The Kier molecular flexibility index (Phi) is 6.76. The van der Waals surface area contributed by atoms with E-state index in [1.165, 1.54) is 6.92 Å². The normalized spacial score (nSPS) is 13.0. The van der Waals surface area contributed by atoms with E-state index in [0.29, 0.717) is 0 Å². The Bertz CT molecular complexity index is 523. The van der Waals surface area contributed by atoms with Crippen LogP contribution in [0.4, 0.5) is 0 Å². The van der Waals surface area contributed by atoms with Crippen LogP contribution in [-0.4, -0.2) is 30.9 Å². The fourth-order valence-electron chi connectivity index (χ4n) is 2.27. The first-order chi connectivity index (χ1) is 10.5.